The number of benzene rings is 1. The summed E-state index contributed by atoms with van der Waals surface area (Å²) in [6.45, 7) is 3.71. The van der Waals surface area contributed by atoms with Crippen molar-refractivity contribution in [1.29, 1.82) is 0 Å². The summed E-state index contributed by atoms with van der Waals surface area (Å²) < 4.78 is 0. The highest BCUT2D eigenvalue weighted by Gasteiger charge is 2.26. The molecule has 0 radical (unpaired) electrons. The maximum Gasteiger partial charge on any atom is 0.237 e. The topological polar surface area (TPSA) is 114 Å². The molecule has 0 aromatic heterocycles. The summed E-state index contributed by atoms with van der Waals surface area (Å²) in [5, 5.41) is 14.9. The average molecular weight is 264 g/mol. The zero-order valence-corrected chi connectivity index (χ0v) is 11.1. The number of carbonyl (C=O) groups is 1. The van der Waals surface area contributed by atoms with E-state index >= 15 is 0 Å². The van der Waals surface area contributed by atoms with Crippen LogP contribution in [0.4, 0.5) is 0 Å². The Morgan fingerprint density at radius 2 is 1.95 bits per heavy atom. The molecule has 0 aliphatic heterocycles. The minimum atomic E-state index is -0.858. The van der Waals surface area contributed by atoms with Crippen LogP contribution in [-0.4, -0.2) is 29.0 Å². The highest BCUT2D eigenvalue weighted by atomic mass is 16.4. The van der Waals surface area contributed by atoms with Gasteiger partial charge in [-0.25, -0.2) is 0 Å². The van der Waals surface area contributed by atoms with E-state index in [1.165, 1.54) is 0 Å². The summed E-state index contributed by atoms with van der Waals surface area (Å²) in [4.78, 5) is 11.3. The summed E-state index contributed by atoms with van der Waals surface area (Å²) in [7, 11) is 0. The number of nitrogens with two attached hydrogens (primary N) is 2. The summed E-state index contributed by atoms with van der Waals surface area (Å²) in [6, 6.07) is 9.37. The molecule has 1 aromatic rings. The van der Waals surface area contributed by atoms with E-state index in [0.29, 0.717) is 6.54 Å². The van der Waals surface area contributed by atoms with Crippen LogP contribution < -0.4 is 16.8 Å². The SMILES string of the molecule is CC(C)(NCC(C(N)=NO)c1ccccc1)C(N)=O. The van der Waals surface area contributed by atoms with E-state index in [4.69, 9.17) is 16.7 Å². The molecule has 0 saturated heterocycles. The van der Waals surface area contributed by atoms with E-state index in [9.17, 15) is 4.79 Å². The standard InChI is InChI=1S/C13H20N4O2/c1-13(2,12(15)18)16-8-10(11(14)17-19)9-6-4-3-5-7-9/h3-7,10,16,19H,8H2,1-2H3,(H2,14,17)(H2,15,18). The number of amides is 1. The molecule has 0 bridgehead atoms. The van der Waals surface area contributed by atoms with Crippen LogP contribution in [0.5, 0.6) is 0 Å². The van der Waals surface area contributed by atoms with Crippen molar-refractivity contribution >= 4 is 11.7 Å². The van der Waals surface area contributed by atoms with Crippen LogP contribution in [0.15, 0.2) is 35.5 Å². The number of nitrogens with one attached hydrogen (secondary N) is 1. The van der Waals surface area contributed by atoms with Crippen molar-refractivity contribution in [1.82, 2.24) is 5.32 Å². The number of hydrogen-bond donors (Lipinski definition) is 4. The maximum atomic E-state index is 11.3. The zero-order chi connectivity index (χ0) is 14.5. The Balaban J connectivity index is 2.87. The largest absolute Gasteiger partial charge is 0.409 e. The van der Waals surface area contributed by atoms with Crippen molar-refractivity contribution in [3.63, 3.8) is 0 Å². The molecule has 1 unspecified atom stereocenters. The Hall–Kier alpha value is -2.08. The van der Waals surface area contributed by atoms with E-state index in [1.807, 2.05) is 30.3 Å². The van der Waals surface area contributed by atoms with E-state index in [-0.39, 0.29) is 11.8 Å². The van der Waals surface area contributed by atoms with Crippen LogP contribution in [0.1, 0.15) is 25.3 Å². The van der Waals surface area contributed by atoms with Gasteiger partial charge in [0.15, 0.2) is 0 Å². The smallest absolute Gasteiger partial charge is 0.237 e. The van der Waals surface area contributed by atoms with Gasteiger partial charge in [-0.2, -0.15) is 0 Å². The Labute approximate surface area is 112 Å². The third-order valence-corrected chi connectivity index (χ3v) is 3.04. The predicted octanol–water partition coefficient (Wildman–Crippen LogP) is 0.370. The third-order valence-electron chi connectivity index (χ3n) is 3.04. The zero-order valence-electron chi connectivity index (χ0n) is 11.1. The van der Waals surface area contributed by atoms with E-state index in [2.05, 4.69) is 10.5 Å². The molecule has 6 nitrogen and oxygen atoms in total. The van der Waals surface area contributed by atoms with Crippen LogP contribution in [-0.2, 0) is 4.79 Å². The molecule has 0 saturated carbocycles. The number of carbonyl (C=O) groups excluding carboxylic acids is 1. The molecule has 6 N–H and O–H groups in total. The van der Waals surface area contributed by atoms with Gasteiger partial charge in [-0.15, -0.1) is 0 Å². The summed E-state index contributed by atoms with van der Waals surface area (Å²) >= 11 is 0. The lowest BCUT2D eigenvalue weighted by Gasteiger charge is -2.25. The second-order valence-electron chi connectivity index (χ2n) is 4.86. The van der Waals surface area contributed by atoms with Crippen LogP contribution >= 0.6 is 0 Å². The molecule has 0 heterocycles. The van der Waals surface area contributed by atoms with Gasteiger partial charge in [0, 0.05) is 6.54 Å². The second kappa shape index (κ2) is 6.19. The Morgan fingerprint density at radius 1 is 1.37 bits per heavy atom. The number of nitrogens with zero attached hydrogens (tertiary/aromatic N) is 1. The average Bonchev–Trinajstić information content (AvgIpc) is 2.39. The van der Waals surface area contributed by atoms with Gasteiger partial charge in [0.05, 0.1) is 11.5 Å². The number of oxime groups is 1. The lowest BCUT2D eigenvalue weighted by atomic mass is 9.96. The van der Waals surface area contributed by atoms with Crippen LogP contribution in [0.2, 0.25) is 0 Å². The molecule has 1 rings (SSSR count). The minimum absolute atomic E-state index is 0.0824. The normalized spacial score (nSPS) is 14.1. The predicted molar refractivity (Wildman–Crippen MR) is 73.9 cm³/mol. The Morgan fingerprint density at radius 3 is 2.42 bits per heavy atom. The van der Waals surface area contributed by atoms with Crippen LogP contribution in [0, 0.1) is 0 Å². The molecule has 1 atom stereocenters. The number of primary amides is 1. The van der Waals surface area contributed by atoms with Crippen molar-refractivity contribution in [3.8, 4) is 0 Å². The van der Waals surface area contributed by atoms with Crippen molar-refractivity contribution < 1.29 is 10.0 Å². The monoisotopic (exact) mass is 264 g/mol. The van der Waals surface area contributed by atoms with E-state index < -0.39 is 11.4 Å². The van der Waals surface area contributed by atoms with Crippen LogP contribution in [0.25, 0.3) is 0 Å². The summed E-state index contributed by atoms with van der Waals surface area (Å²) in [5.74, 6) is -0.706. The minimum Gasteiger partial charge on any atom is -0.409 e. The number of hydrogen-bond acceptors (Lipinski definition) is 4. The van der Waals surface area contributed by atoms with Crippen molar-refractivity contribution in [2.75, 3.05) is 6.54 Å². The molecule has 0 aliphatic rings. The first-order valence-corrected chi connectivity index (χ1v) is 5.95. The number of amidine groups is 1. The molecule has 104 valence electrons. The maximum absolute atomic E-state index is 11.3. The van der Waals surface area contributed by atoms with Crippen molar-refractivity contribution in [2.24, 2.45) is 16.6 Å². The van der Waals surface area contributed by atoms with Crippen molar-refractivity contribution in [3.05, 3.63) is 35.9 Å². The molecule has 19 heavy (non-hydrogen) atoms. The second-order valence-corrected chi connectivity index (χ2v) is 4.86. The molecule has 0 aliphatic carbocycles. The molecule has 0 fully saturated rings. The Kier molecular flexibility index (Phi) is 4.88. The van der Waals surface area contributed by atoms with Gasteiger partial charge in [-0.05, 0) is 19.4 Å². The first-order valence-electron chi connectivity index (χ1n) is 5.95. The lowest BCUT2D eigenvalue weighted by Crippen LogP contribution is -2.52. The van der Waals surface area contributed by atoms with E-state index in [1.54, 1.807) is 13.8 Å². The van der Waals surface area contributed by atoms with Gasteiger partial charge in [0.2, 0.25) is 5.91 Å². The third kappa shape index (κ3) is 3.96. The quantitative estimate of drug-likeness (QED) is 0.257. The molecule has 0 spiro atoms. The highest BCUT2D eigenvalue weighted by Crippen LogP contribution is 2.16. The molecule has 6 heteroatoms. The fourth-order valence-electron chi connectivity index (χ4n) is 1.59. The lowest BCUT2D eigenvalue weighted by molar-refractivity contribution is -0.123. The van der Waals surface area contributed by atoms with Gasteiger partial charge in [0.1, 0.15) is 5.84 Å². The fraction of sp³-hybridized carbons (Fsp3) is 0.385. The fourth-order valence-corrected chi connectivity index (χ4v) is 1.59. The number of rotatable bonds is 6. The van der Waals surface area contributed by atoms with Gasteiger partial charge in [-0.3, -0.25) is 4.79 Å². The Bertz CT molecular complexity index is 457. The van der Waals surface area contributed by atoms with Crippen LogP contribution in [0.3, 0.4) is 0 Å². The van der Waals surface area contributed by atoms with Gasteiger partial charge in [-0.1, -0.05) is 35.5 Å². The van der Waals surface area contributed by atoms with Crippen molar-refractivity contribution in [2.45, 2.75) is 25.3 Å². The highest BCUT2D eigenvalue weighted by molar-refractivity contribution is 5.87. The molecule has 1 amide bonds. The van der Waals surface area contributed by atoms with Gasteiger partial charge >= 0.3 is 0 Å². The molecular formula is C13H20N4O2. The summed E-state index contributed by atoms with van der Waals surface area (Å²) in [6.07, 6.45) is 0. The molecule has 1 aromatic carbocycles. The van der Waals surface area contributed by atoms with Gasteiger partial charge in [0.25, 0.3) is 0 Å². The first-order chi connectivity index (χ1) is 8.88. The molecular weight excluding hydrogens is 244 g/mol. The van der Waals surface area contributed by atoms with E-state index in [0.717, 1.165) is 5.56 Å². The summed E-state index contributed by atoms with van der Waals surface area (Å²) in [5.41, 5.74) is 11.0. The van der Waals surface area contributed by atoms with Gasteiger partial charge < -0.3 is 22.0 Å². The first kappa shape index (κ1) is 15.0.